The summed E-state index contributed by atoms with van der Waals surface area (Å²) < 4.78 is 5.13. The van der Waals surface area contributed by atoms with Crippen LogP contribution < -0.4 is 9.64 Å². The molecule has 1 unspecified atom stereocenters. The number of nitrogens with zero attached hydrogens (tertiary/aromatic N) is 1. The first kappa shape index (κ1) is 12.4. The summed E-state index contributed by atoms with van der Waals surface area (Å²) in [4.78, 5) is 24.7. The fourth-order valence-electron chi connectivity index (χ4n) is 2.44. The Hall–Kier alpha value is -2.04. The van der Waals surface area contributed by atoms with Crippen LogP contribution in [0.3, 0.4) is 0 Å². The Labute approximate surface area is 105 Å². The topological polar surface area (TPSA) is 66.8 Å². The fraction of sp³-hybridized carbons (Fsp3) is 0.385. The molecule has 0 spiro atoms. The van der Waals surface area contributed by atoms with Crippen LogP contribution in [0.1, 0.15) is 18.9 Å². The first-order chi connectivity index (χ1) is 8.40. The van der Waals surface area contributed by atoms with Crippen LogP contribution in [-0.4, -0.2) is 31.1 Å². The van der Waals surface area contributed by atoms with Gasteiger partial charge in [-0.1, -0.05) is 0 Å². The van der Waals surface area contributed by atoms with Crippen LogP contribution in [0.5, 0.6) is 5.75 Å². The van der Waals surface area contributed by atoms with Gasteiger partial charge in [-0.05, 0) is 30.7 Å². The van der Waals surface area contributed by atoms with Crippen molar-refractivity contribution in [3.63, 3.8) is 0 Å². The van der Waals surface area contributed by atoms with Crippen LogP contribution in [0.2, 0.25) is 0 Å². The molecule has 1 atom stereocenters. The Morgan fingerprint density at radius 1 is 1.50 bits per heavy atom. The maximum Gasteiger partial charge on any atom is 0.304 e. The van der Waals surface area contributed by atoms with E-state index in [1.54, 1.807) is 32.2 Å². The Kier molecular flexibility index (Phi) is 2.77. The molecule has 1 heterocycles. The van der Waals surface area contributed by atoms with Gasteiger partial charge >= 0.3 is 5.97 Å². The summed E-state index contributed by atoms with van der Waals surface area (Å²) in [7, 11) is 3.19. The van der Waals surface area contributed by atoms with Crippen molar-refractivity contribution < 1.29 is 19.4 Å². The second-order valence-electron chi connectivity index (χ2n) is 4.65. The lowest BCUT2D eigenvalue weighted by molar-refractivity contribution is -0.140. The standard InChI is InChI=1S/C13H15NO4/c1-13(7-11(15)16)9-6-8(18-3)4-5-10(9)14(2)12(13)17/h4-6H,7H2,1-3H3,(H,15,16). The van der Waals surface area contributed by atoms with E-state index in [0.717, 1.165) is 5.69 Å². The summed E-state index contributed by atoms with van der Waals surface area (Å²) in [6, 6.07) is 5.27. The Morgan fingerprint density at radius 2 is 2.17 bits per heavy atom. The number of amides is 1. The third kappa shape index (κ3) is 1.63. The molecule has 1 aliphatic rings. The smallest absolute Gasteiger partial charge is 0.304 e. The van der Waals surface area contributed by atoms with Gasteiger partial charge < -0.3 is 14.7 Å². The van der Waals surface area contributed by atoms with Gasteiger partial charge in [-0.25, -0.2) is 0 Å². The molecule has 1 aliphatic heterocycles. The molecule has 5 heteroatoms. The number of carbonyl (C=O) groups is 2. The number of rotatable bonds is 3. The van der Waals surface area contributed by atoms with E-state index in [9.17, 15) is 9.59 Å². The summed E-state index contributed by atoms with van der Waals surface area (Å²) >= 11 is 0. The lowest BCUT2D eigenvalue weighted by atomic mass is 9.80. The molecule has 0 radical (unpaired) electrons. The summed E-state index contributed by atoms with van der Waals surface area (Å²) in [6.45, 7) is 1.66. The number of likely N-dealkylation sites (N-methyl/N-ethyl adjacent to an activating group) is 1. The van der Waals surface area contributed by atoms with E-state index >= 15 is 0 Å². The quantitative estimate of drug-likeness (QED) is 0.879. The van der Waals surface area contributed by atoms with Crippen LogP contribution >= 0.6 is 0 Å². The molecule has 2 rings (SSSR count). The van der Waals surface area contributed by atoms with E-state index in [1.807, 2.05) is 0 Å². The van der Waals surface area contributed by atoms with Crippen LogP contribution in [0.15, 0.2) is 18.2 Å². The average molecular weight is 249 g/mol. The second-order valence-corrected chi connectivity index (χ2v) is 4.65. The average Bonchev–Trinajstić information content (AvgIpc) is 2.51. The highest BCUT2D eigenvalue weighted by atomic mass is 16.5. The largest absolute Gasteiger partial charge is 0.497 e. The lowest BCUT2D eigenvalue weighted by Crippen LogP contribution is -2.37. The van der Waals surface area contributed by atoms with Gasteiger partial charge in [0.25, 0.3) is 0 Å². The third-order valence-electron chi connectivity index (χ3n) is 3.44. The Morgan fingerprint density at radius 3 is 2.72 bits per heavy atom. The monoisotopic (exact) mass is 249 g/mol. The lowest BCUT2D eigenvalue weighted by Gasteiger charge is -2.20. The number of ether oxygens (including phenoxy) is 1. The number of methoxy groups -OCH3 is 1. The molecular weight excluding hydrogens is 234 g/mol. The minimum Gasteiger partial charge on any atom is -0.497 e. The number of carbonyl (C=O) groups excluding carboxylic acids is 1. The molecule has 0 bridgehead atoms. The Bertz CT molecular complexity index is 526. The first-order valence-corrected chi connectivity index (χ1v) is 5.58. The van der Waals surface area contributed by atoms with Crippen LogP contribution in [0.25, 0.3) is 0 Å². The van der Waals surface area contributed by atoms with Gasteiger partial charge in [0.1, 0.15) is 5.75 Å². The fourth-order valence-corrected chi connectivity index (χ4v) is 2.44. The minimum atomic E-state index is -1.02. The number of benzene rings is 1. The summed E-state index contributed by atoms with van der Waals surface area (Å²) in [6.07, 6.45) is -0.226. The number of anilines is 1. The second kappa shape index (κ2) is 4.01. The van der Waals surface area contributed by atoms with Crippen molar-refractivity contribution in [3.05, 3.63) is 23.8 Å². The summed E-state index contributed by atoms with van der Waals surface area (Å²) in [5.74, 6) is -0.573. The van der Waals surface area contributed by atoms with Gasteiger partial charge in [-0.3, -0.25) is 9.59 Å². The Balaban J connectivity index is 2.58. The molecule has 0 saturated carbocycles. The maximum absolute atomic E-state index is 12.2. The van der Waals surface area contributed by atoms with Crippen molar-refractivity contribution >= 4 is 17.6 Å². The zero-order valence-electron chi connectivity index (χ0n) is 10.6. The van der Waals surface area contributed by atoms with Gasteiger partial charge in [-0.2, -0.15) is 0 Å². The van der Waals surface area contributed by atoms with Gasteiger partial charge in [0.05, 0.1) is 18.9 Å². The van der Waals surface area contributed by atoms with Crippen molar-refractivity contribution in [2.75, 3.05) is 19.1 Å². The maximum atomic E-state index is 12.2. The zero-order valence-corrected chi connectivity index (χ0v) is 10.6. The highest BCUT2D eigenvalue weighted by Crippen LogP contribution is 2.44. The van der Waals surface area contributed by atoms with Gasteiger partial charge in [-0.15, -0.1) is 0 Å². The molecule has 0 fully saturated rings. The number of carboxylic acids is 1. The highest BCUT2D eigenvalue weighted by molar-refractivity contribution is 6.09. The number of carboxylic acid groups (broad SMARTS) is 1. The molecule has 5 nitrogen and oxygen atoms in total. The van der Waals surface area contributed by atoms with E-state index in [4.69, 9.17) is 9.84 Å². The van der Waals surface area contributed by atoms with Crippen molar-refractivity contribution in [2.45, 2.75) is 18.8 Å². The van der Waals surface area contributed by atoms with E-state index in [2.05, 4.69) is 0 Å². The molecule has 0 aliphatic carbocycles. The van der Waals surface area contributed by atoms with Crippen molar-refractivity contribution in [3.8, 4) is 5.75 Å². The van der Waals surface area contributed by atoms with Gasteiger partial charge in [0.15, 0.2) is 0 Å². The molecular formula is C13H15NO4. The van der Waals surface area contributed by atoms with Crippen LogP contribution in [-0.2, 0) is 15.0 Å². The predicted octanol–water partition coefficient (Wildman–Crippen LogP) is 1.40. The molecule has 1 aromatic carbocycles. The SMILES string of the molecule is COc1ccc2c(c1)C(C)(CC(=O)O)C(=O)N2C. The normalized spacial score (nSPS) is 21.9. The van der Waals surface area contributed by atoms with E-state index in [0.29, 0.717) is 11.3 Å². The van der Waals surface area contributed by atoms with Crippen molar-refractivity contribution in [1.29, 1.82) is 0 Å². The molecule has 18 heavy (non-hydrogen) atoms. The minimum absolute atomic E-state index is 0.201. The molecule has 1 N–H and O–H groups in total. The zero-order chi connectivity index (χ0) is 13.5. The van der Waals surface area contributed by atoms with Crippen molar-refractivity contribution in [1.82, 2.24) is 0 Å². The van der Waals surface area contributed by atoms with Crippen LogP contribution in [0, 0.1) is 0 Å². The third-order valence-corrected chi connectivity index (χ3v) is 3.44. The highest BCUT2D eigenvalue weighted by Gasteiger charge is 2.47. The molecule has 1 amide bonds. The first-order valence-electron chi connectivity index (χ1n) is 5.58. The predicted molar refractivity (Wildman–Crippen MR) is 66.0 cm³/mol. The number of aliphatic carboxylic acids is 1. The molecule has 1 aromatic rings. The van der Waals surface area contributed by atoms with Crippen LogP contribution in [0.4, 0.5) is 5.69 Å². The van der Waals surface area contributed by atoms with E-state index in [-0.39, 0.29) is 12.3 Å². The number of hydrogen-bond donors (Lipinski definition) is 1. The number of fused-ring (bicyclic) bond motifs is 1. The molecule has 96 valence electrons. The molecule has 0 aromatic heterocycles. The van der Waals surface area contributed by atoms with Gasteiger partial charge in [0.2, 0.25) is 5.91 Å². The van der Waals surface area contributed by atoms with Crippen molar-refractivity contribution in [2.24, 2.45) is 0 Å². The molecule has 0 saturated heterocycles. The van der Waals surface area contributed by atoms with E-state index in [1.165, 1.54) is 12.0 Å². The van der Waals surface area contributed by atoms with E-state index < -0.39 is 11.4 Å². The number of hydrogen-bond acceptors (Lipinski definition) is 3. The summed E-state index contributed by atoms with van der Waals surface area (Å²) in [5.41, 5.74) is 0.422. The van der Waals surface area contributed by atoms with Gasteiger partial charge in [0, 0.05) is 12.7 Å². The summed E-state index contributed by atoms with van der Waals surface area (Å²) in [5, 5.41) is 8.99.